The van der Waals surface area contributed by atoms with E-state index in [0.717, 1.165) is 0 Å². The highest BCUT2D eigenvalue weighted by Crippen LogP contribution is 2.17. The Balaban J connectivity index is 2.10. The number of amides is 1. The highest BCUT2D eigenvalue weighted by atomic mass is 16.1. The van der Waals surface area contributed by atoms with Crippen LogP contribution >= 0.6 is 0 Å². The van der Waals surface area contributed by atoms with E-state index in [1.165, 1.54) is 18.0 Å². The number of nitrogen functional groups attached to an aromatic ring is 1. The van der Waals surface area contributed by atoms with Crippen LogP contribution in [0.5, 0.6) is 0 Å². The van der Waals surface area contributed by atoms with Crippen molar-refractivity contribution >= 4 is 17.4 Å². The summed E-state index contributed by atoms with van der Waals surface area (Å²) in [5, 5.41) is 2.77. The zero-order valence-electron chi connectivity index (χ0n) is 11.4. The second kappa shape index (κ2) is 6.12. The molecular formula is C14H17N5O. The third-order valence-electron chi connectivity index (χ3n) is 2.85. The number of hydrogen-bond donors (Lipinski definition) is 3. The molecule has 4 N–H and O–H groups in total. The van der Waals surface area contributed by atoms with Crippen LogP contribution in [-0.4, -0.2) is 15.9 Å². The van der Waals surface area contributed by atoms with Crippen molar-refractivity contribution < 1.29 is 4.79 Å². The minimum absolute atomic E-state index is 0.202. The molecule has 1 aromatic heterocycles. The fourth-order valence-corrected chi connectivity index (χ4v) is 1.69. The van der Waals surface area contributed by atoms with Gasteiger partial charge in [0.05, 0.1) is 12.4 Å². The highest BCUT2D eigenvalue weighted by Gasteiger charge is 2.09. The molecule has 1 heterocycles. The highest BCUT2D eigenvalue weighted by molar-refractivity contribution is 6.02. The van der Waals surface area contributed by atoms with Crippen molar-refractivity contribution in [2.75, 3.05) is 10.7 Å². The van der Waals surface area contributed by atoms with Crippen molar-refractivity contribution in [1.82, 2.24) is 9.97 Å². The minimum atomic E-state index is -0.327. The van der Waals surface area contributed by atoms with Crippen LogP contribution in [0.25, 0.3) is 0 Å². The third kappa shape index (κ3) is 3.30. The van der Waals surface area contributed by atoms with Gasteiger partial charge in [0.2, 0.25) is 0 Å². The topological polar surface area (TPSA) is 92.9 Å². The number of hydrazine groups is 1. The normalized spacial score (nSPS) is 10.4. The van der Waals surface area contributed by atoms with Gasteiger partial charge in [-0.25, -0.2) is 10.8 Å². The first kappa shape index (κ1) is 14.0. The van der Waals surface area contributed by atoms with Crippen molar-refractivity contribution in [3.05, 3.63) is 47.9 Å². The van der Waals surface area contributed by atoms with E-state index in [2.05, 4.69) is 34.6 Å². The molecule has 2 aromatic rings. The van der Waals surface area contributed by atoms with Gasteiger partial charge in [0.25, 0.3) is 5.91 Å². The lowest BCUT2D eigenvalue weighted by Crippen LogP contribution is -2.16. The van der Waals surface area contributed by atoms with Crippen LogP contribution in [0.15, 0.2) is 36.7 Å². The second-order valence-electron chi connectivity index (χ2n) is 4.66. The Morgan fingerprint density at radius 2 is 1.90 bits per heavy atom. The quantitative estimate of drug-likeness (QED) is 0.585. The molecule has 6 nitrogen and oxygen atoms in total. The molecule has 0 fully saturated rings. The van der Waals surface area contributed by atoms with Gasteiger partial charge in [0.15, 0.2) is 5.82 Å². The summed E-state index contributed by atoms with van der Waals surface area (Å²) in [6.45, 7) is 4.24. The standard InChI is InChI=1S/C14H17N5O/c1-9(2)10-3-5-11(6-4-10)17-14(20)12-7-16-8-13(18-12)19-15/h3-9H,15H2,1-2H3,(H,17,20)(H,18,19). The van der Waals surface area contributed by atoms with Gasteiger partial charge >= 0.3 is 0 Å². The van der Waals surface area contributed by atoms with Crippen molar-refractivity contribution in [2.24, 2.45) is 5.84 Å². The van der Waals surface area contributed by atoms with Gasteiger partial charge < -0.3 is 10.7 Å². The van der Waals surface area contributed by atoms with Gasteiger partial charge in [-0.15, -0.1) is 0 Å². The number of nitrogens with two attached hydrogens (primary N) is 1. The van der Waals surface area contributed by atoms with Crippen molar-refractivity contribution in [3.63, 3.8) is 0 Å². The lowest BCUT2D eigenvalue weighted by atomic mass is 10.0. The van der Waals surface area contributed by atoms with Crippen LogP contribution in [0.1, 0.15) is 35.8 Å². The molecule has 0 saturated carbocycles. The summed E-state index contributed by atoms with van der Waals surface area (Å²) in [4.78, 5) is 19.9. The van der Waals surface area contributed by atoms with Gasteiger partial charge in [-0.3, -0.25) is 9.78 Å². The third-order valence-corrected chi connectivity index (χ3v) is 2.85. The number of benzene rings is 1. The molecule has 0 atom stereocenters. The van der Waals surface area contributed by atoms with E-state index in [4.69, 9.17) is 5.84 Å². The lowest BCUT2D eigenvalue weighted by molar-refractivity contribution is 0.102. The van der Waals surface area contributed by atoms with E-state index in [9.17, 15) is 4.79 Å². The first-order valence-electron chi connectivity index (χ1n) is 6.30. The van der Waals surface area contributed by atoms with Crippen molar-refractivity contribution in [3.8, 4) is 0 Å². The number of carbonyl (C=O) groups is 1. The van der Waals surface area contributed by atoms with Gasteiger partial charge in [-0.1, -0.05) is 26.0 Å². The van der Waals surface area contributed by atoms with E-state index in [0.29, 0.717) is 17.4 Å². The largest absolute Gasteiger partial charge is 0.321 e. The van der Waals surface area contributed by atoms with Crippen LogP contribution in [0.2, 0.25) is 0 Å². The molecule has 20 heavy (non-hydrogen) atoms. The summed E-state index contributed by atoms with van der Waals surface area (Å²) in [6.07, 6.45) is 2.83. The number of nitrogens with one attached hydrogen (secondary N) is 2. The number of rotatable bonds is 4. The lowest BCUT2D eigenvalue weighted by Gasteiger charge is -2.08. The van der Waals surface area contributed by atoms with Gasteiger partial charge in [-0.2, -0.15) is 0 Å². The summed E-state index contributed by atoms with van der Waals surface area (Å²) < 4.78 is 0. The fraction of sp³-hybridized carbons (Fsp3) is 0.214. The van der Waals surface area contributed by atoms with E-state index in [-0.39, 0.29) is 11.6 Å². The molecule has 6 heteroatoms. The molecular weight excluding hydrogens is 254 g/mol. The van der Waals surface area contributed by atoms with E-state index in [1.54, 1.807) is 0 Å². The molecule has 0 aliphatic carbocycles. The second-order valence-corrected chi connectivity index (χ2v) is 4.66. The Kier molecular flexibility index (Phi) is 4.27. The number of hydrogen-bond acceptors (Lipinski definition) is 5. The predicted molar refractivity (Wildman–Crippen MR) is 78.3 cm³/mol. The Bertz CT molecular complexity index is 595. The molecule has 0 aliphatic rings. The Labute approximate surface area is 117 Å². The molecule has 1 amide bonds. The molecule has 104 valence electrons. The molecule has 0 aliphatic heterocycles. The first-order chi connectivity index (χ1) is 9.60. The SMILES string of the molecule is CC(C)c1ccc(NC(=O)c2cncc(NN)n2)cc1. The summed E-state index contributed by atoms with van der Waals surface area (Å²) in [5.41, 5.74) is 4.49. The van der Waals surface area contributed by atoms with Gasteiger partial charge in [0.1, 0.15) is 5.69 Å². The van der Waals surface area contributed by atoms with E-state index >= 15 is 0 Å². The summed E-state index contributed by atoms with van der Waals surface area (Å²) >= 11 is 0. The van der Waals surface area contributed by atoms with Crippen LogP contribution in [-0.2, 0) is 0 Å². The Morgan fingerprint density at radius 3 is 2.50 bits per heavy atom. The Morgan fingerprint density at radius 1 is 1.20 bits per heavy atom. The van der Waals surface area contributed by atoms with Crippen LogP contribution < -0.4 is 16.6 Å². The maximum Gasteiger partial charge on any atom is 0.275 e. The molecule has 0 radical (unpaired) electrons. The van der Waals surface area contributed by atoms with Crippen LogP contribution in [0, 0.1) is 0 Å². The summed E-state index contributed by atoms with van der Waals surface area (Å²) in [7, 11) is 0. The van der Waals surface area contributed by atoms with Crippen molar-refractivity contribution in [1.29, 1.82) is 0 Å². The maximum atomic E-state index is 12.0. The number of anilines is 2. The van der Waals surface area contributed by atoms with Gasteiger partial charge in [0, 0.05) is 5.69 Å². The smallest absolute Gasteiger partial charge is 0.275 e. The number of carbonyl (C=O) groups excluding carboxylic acids is 1. The monoisotopic (exact) mass is 271 g/mol. The van der Waals surface area contributed by atoms with Crippen LogP contribution in [0.3, 0.4) is 0 Å². The minimum Gasteiger partial charge on any atom is -0.321 e. The zero-order chi connectivity index (χ0) is 14.5. The molecule has 0 bridgehead atoms. The fourth-order valence-electron chi connectivity index (χ4n) is 1.69. The van der Waals surface area contributed by atoms with E-state index < -0.39 is 0 Å². The molecule has 2 rings (SSSR count). The first-order valence-corrected chi connectivity index (χ1v) is 6.30. The summed E-state index contributed by atoms with van der Waals surface area (Å²) in [5.74, 6) is 5.70. The number of nitrogens with zero attached hydrogens (tertiary/aromatic N) is 2. The molecule has 0 saturated heterocycles. The molecule has 0 spiro atoms. The average Bonchev–Trinajstić information content (AvgIpc) is 2.47. The molecule has 0 unspecified atom stereocenters. The number of aromatic nitrogens is 2. The predicted octanol–water partition coefficient (Wildman–Crippen LogP) is 2.14. The van der Waals surface area contributed by atoms with Gasteiger partial charge in [-0.05, 0) is 23.6 Å². The molecule has 1 aromatic carbocycles. The Hall–Kier alpha value is -2.47. The van der Waals surface area contributed by atoms with E-state index in [1.807, 2.05) is 24.3 Å². The summed E-state index contributed by atoms with van der Waals surface area (Å²) in [6, 6.07) is 7.71. The van der Waals surface area contributed by atoms with Crippen molar-refractivity contribution in [2.45, 2.75) is 19.8 Å². The zero-order valence-corrected chi connectivity index (χ0v) is 11.4. The average molecular weight is 271 g/mol. The maximum absolute atomic E-state index is 12.0. The van der Waals surface area contributed by atoms with Crippen LogP contribution in [0.4, 0.5) is 11.5 Å².